The molecule has 14 heavy (non-hydrogen) atoms. The zero-order valence-corrected chi connectivity index (χ0v) is 10.7. The lowest BCUT2D eigenvalue weighted by atomic mass is 10.4. The predicted molar refractivity (Wildman–Crippen MR) is 59.8 cm³/mol. The summed E-state index contributed by atoms with van der Waals surface area (Å²) in [6.45, 7) is 3.47. The first-order valence-electron chi connectivity index (χ1n) is 3.80. The van der Waals surface area contributed by atoms with Gasteiger partial charge in [0.1, 0.15) is 9.23 Å². The lowest BCUT2D eigenvalue weighted by molar-refractivity contribution is 0.570. The highest BCUT2D eigenvalue weighted by molar-refractivity contribution is 7.89. The number of hydrogen-bond donors (Lipinski definition) is 1. The molecule has 0 radical (unpaired) electrons. The van der Waals surface area contributed by atoms with Crippen molar-refractivity contribution in [2.24, 2.45) is 0 Å². The van der Waals surface area contributed by atoms with Crippen LogP contribution in [0.1, 0.15) is 13.8 Å². The van der Waals surface area contributed by atoms with Gasteiger partial charge in [0.05, 0.1) is 4.34 Å². The minimum absolute atomic E-state index is 0.0443. The monoisotopic (exact) mass is 273 g/mol. The number of hydrogen-bond acceptors (Lipinski definition) is 3. The van der Waals surface area contributed by atoms with Crippen LogP contribution in [0, 0.1) is 0 Å². The molecule has 0 aromatic carbocycles. The highest BCUT2D eigenvalue weighted by Crippen LogP contribution is 2.34. The van der Waals surface area contributed by atoms with E-state index in [2.05, 4.69) is 4.72 Å². The van der Waals surface area contributed by atoms with Gasteiger partial charge in [-0.05, 0) is 19.9 Å². The van der Waals surface area contributed by atoms with Crippen LogP contribution in [0.5, 0.6) is 0 Å². The number of nitrogens with one attached hydrogen (secondary N) is 1. The van der Waals surface area contributed by atoms with Crippen molar-refractivity contribution in [2.45, 2.75) is 24.8 Å². The smallest absolute Gasteiger partial charge is 0.209 e. The molecule has 1 heterocycles. The third-order valence-electron chi connectivity index (χ3n) is 1.31. The summed E-state index contributed by atoms with van der Waals surface area (Å²) < 4.78 is 26.2. The third-order valence-corrected chi connectivity index (χ3v) is 4.72. The maximum atomic E-state index is 11.6. The molecule has 0 aliphatic carbocycles. The maximum Gasteiger partial charge on any atom is 0.243 e. The van der Waals surface area contributed by atoms with E-state index < -0.39 is 10.0 Å². The average Bonchev–Trinajstić information content (AvgIpc) is 2.27. The van der Waals surface area contributed by atoms with Crippen molar-refractivity contribution in [2.75, 3.05) is 0 Å². The molecule has 7 heteroatoms. The molecule has 3 nitrogen and oxygen atoms in total. The van der Waals surface area contributed by atoms with Crippen molar-refractivity contribution in [1.29, 1.82) is 0 Å². The van der Waals surface area contributed by atoms with Gasteiger partial charge in [0.15, 0.2) is 0 Å². The van der Waals surface area contributed by atoms with E-state index in [0.29, 0.717) is 4.34 Å². The second kappa shape index (κ2) is 4.37. The van der Waals surface area contributed by atoms with Crippen LogP contribution in [0.2, 0.25) is 8.67 Å². The van der Waals surface area contributed by atoms with Gasteiger partial charge in [-0.3, -0.25) is 0 Å². The van der Waals surface area contributed by atoms with Crippen molar-refractivity contribution >= 4 is 44.6 Å². The van der Waals surface area contributed by atoms with Crippen molar-refractivity contribution in [3.8, 4) is 0 Å². The summed E-state index contributed by atoms with van der Waals surface area (Å²) in [6, 6.07) is 1.17. The molecule has 0 spiro atoms. The second-order valence-corrected chi connectivity index (χ2v) is 6.93. The van der Waals surface area contributed by atoms with Crippen LogP contribution in [0.25, 0.3) is 0 Å². The van der Waals surface area contributed by atoms with Gasteiger partial charge >= 0.3 is 0 Å². The summed E-state index contributed by atoms with van der Waals surface area (Å²) in [6.07, 6.45) is 0. The van der Waals surface area contributed by atoms with Crippen LogP contribution >= 0.6 is 34.5 Å². The summed E-state index contributed by atoms with van der Waals surface area (Å²) in [5.74, 6) is 0. The first-order chi connectivity index (χ1) is 6.33. The lowest BCUT2D eigenvalue weighted by Crippen LogP contribution is -2.30. The van der Waals surface area contributed by atoms with E-state index in [-0.39, 0.29) is 15.3 Å². The second-order valence-electron chi connectivity index (χ2n) is 2.96. The Hall–Kier alpha value is 0.190. The predicted octanol–water partition coefficient (Wildman–Crippen LogP) is 2.74. The molecular weight excluding hydrogens is 265 g/mol. The zero-order chi connectivity index (χ0) is 10.9. The Bertz CT molecular complexity index is 425. The van der Waals surface area contributed by atoms with Gasteiger partial charge in [-0.25, -0.2) is 13.1 Å². The van der Waals surface area contributed by atoms with Gasteiger partial charge in [0.2, 0.25) is 10.0 Å². The van der Waals surface area contributed by atoms with Gasteiger partial charge in [-0.1, -0.05) is 23.2 Å². The topological polar surface area (TPSA) is 46.2 Å². The van der Waals surface area contributed by atoms with Crippen LogP contribution < -0.4 is 4.72 Å². The Balaban J connectivity index is 3.10. The Kier molecular flexibility index (Phi) is 3.82. The molecule has 0 atom stereocenters. The summed E-state index contributed by atoms with van der Waals surface area (Å²) in [7, 11) is -3.53. The number of rotatable bonds is 3. The van der Waals surface area contributed by atoms with E-state index in [1.807, 2.05) is 0 Å². The van der Waals surface area contributed by atoms with Crippen molar-refractivity contribution in [3.05, 3.63) is 14.7 Å². The van der Waals surface area contributed by atoms with Crippen LogP contribution in [0.15, 0.2) is 11.0 Å². The average molecular weight is 274 g/mol. The molecule has 1 aromatic rings. The number of halogens is 2. The van der Waals surface area contributed by atoms with Gasteiger partial charge in [0, 0.05) is 6.04 Å². The molecule has 0 saturated carbocycles. The first kappa shape index (κ1) is 12.3. The maximum absolute atomic E-state index is 11.6. The molecule has 1 aromatic heterocycles. The normalized spacial score (nSPS) is 12.4. The summed E-state index contributed by atoms with van der Waals surface area (Å²) >= 11 is 12.4. The standard InChI is InChI=1S/C7H9Cl2NO2S2/c1-4(2)10-14(11,12)5-3-6(8)13-7(5)9/h3-4,10H,1-2H3. The summed E-state index contributed by atoms with van der Waals surface area (Å²) in [5.41, 5.74) is 0. The van der Waals surface area contributed by atoms with Crippen LogP contribution in [-0.4, -0.2) is 14.5 Å². The van der Waals surface area contributed by atoms with E-state index in [0.717, 1.165) is 11.3 Å². The molecule has 80 valence electrons. The fourth-order valence-electron chi connectivity index (χ4n) is 0.882. The zero-order valence-electron chi connectivity index (χ0n) is 7.54. The molecule has 0 unspecified atom stereocenters. The van der Waals surface area contributed by atoms with Gasteiger partial charge in [-0.2, -0.15) is 0 Å². The molecular formula is C7H9Cl2NO2S2. The number of sulfonamides is 1. The fourth-order valence-corrected chi connectivity index (χ4v) is 4.28. The van der Waals surface area contributed by atoms with E-state index in [9.17, 15) is 8.42 Å². The van der Waals surface area contributed by atoms with Crippen LogP contribution in [-0.2, 0) is 10.0 Å². The highest BCUT2D eigenvalue weighted by Gasteiger charge is 2.21. The van der Waals surface area contributed by atoms with Crippen molar-refractivity contribution in [3.63, 3.8) is 0 Å². The van der Waals surface area contributed by atoms with Crippen LogP contribution in [0.3, 0.4) is 0 Å². The van der Waals surface area contributed by atoms with E-state index in [4.69, 9.17) is 23.2 Å². The Morgan fingerprint density at radius 1 is 1.43 bits per heavy atom. The molecule has 1 rings (SSSR count). The minimum atomic E-state index is -3.53. The Labute approximate surface area is 97.1 Å². The SMILES string of the molecule is CC(C)NS(=O)(=O)c1cc(Cl)sc1Cl. The van der Waals surface area contributed by atoms with Gasteiger partial charge < -0.3 is 0 Å². The van der Waals surface area contributed by atoms with E-state index in [1.165, 1.54) is 6.07 Å². The third kappa shape index (κ3) is 2.84. The van der Waals surface area contributed by atoms with Crippen LogP contribution in [0.4, 0.5) is 0 Å². The molecule has 0 aliphatic rings. The Morgan fingerprint density at radius 3 is 2.36 bits per heavy atom. The van der Waals surface area contributed by atoms with Gasteiger partial charge in [-0.15, -0.1) is 11.3 Å². The minimum Gasteiger partial charge on any atom is -0.209 e. The largest absolute Gasteiger partial charge is 0.243 e. The Morgan fingerprint density at radius 2 is 2.00 bits per heavy atom. The molecule has 0 aliphatic heterocycles. The van der Waals surface area contributed by atoms with Gasteiger partial charge in [0.25, 0.3) is 0 Å². The quantitative estimate of drug-likeness (QED) is 0.921. The van der Waals surface area contributed by atoms with Crippen molar-refractivity contribution < 1.29 is 8.42 Å². The van der Waals surface area contributed by atoms with Crippen molar-refractivity contribution in [1.82, 2.24) is 4.72 Å². The van der Waals surface area contributed by atoms with E-state index in [1.54, 1.807) is 13.8 Å². The highest BCUT2D eigenvalue weighted by atomic mass is 35.5. The molecule has 0 amide bonds. The van der Waals surface area contributed by atoms with E-state index >= 15 is 0 Å². The molecule has 1 N–H and O–H groups in total. The summed E-state index contributed by atoms with van der Waals surface area (Å²) in [4.78, 5) is 0.0443. The fraction of sp³-hybridized carbons (Fsp3) is 0.429. The number of thiophene rings is 1. The molecule has 0 bridgehead atoms. The molecule has 0 saturated heterocycles. The summed E-state index contributed by atoms with van der Waals surface area (Å²) in [5, 5.41) is 0. The first-order valence-corrected chi connectivity index (χ1v) is 6.85. The molecule has 0 fully saturated rings. The lowest BCUT2D eigenvalue weighted by Gasteiger charge is -2.07.